The highest BCUT2D eigenvalue weighted by Crippen LogP contribution is 2.43. The summed E-state index contributed by atoms with van der Waals surface area (Å²) in [6.45, 7) is 4.09. The van der Waals surface area contributed by atoms with Crippen molar-refractivity contribution in [1.29, 1.82) is 0 Å². The molecule has 0 spiro atoms. The van der Waals surface area contributed by atoms with Crippen molar-refractivity contribution in [2.45, 2.75) is 168 Å². The average Bonchev–Trinajstić information content (AvgIpc) is 3.14. The first-order valence-corrected chi connectivity index (χ1v) is 22.0. The molecule has 0 radical (unpaired) electrons. The van der Waals surface area contributed by atoms with Crippen molar-refractivity contribution in [3.05, 3.63) is 73.1 Å². The minimum atomic E-state index is -4.28. The Bertz CT molecular complexity index is 1020. The Morgan fingerprint density at radius 3 is 1.60 bits per heavy atom. The predicted octanol–water partition coefficient (Wildman–Crippen LogP) is 12.3. The summed E-state index contributed by atoms with van der Waals surface area (Å²) in [5.41, 5.74) is 5.35. The van der Waals surface area contributed by atoms with Crippen LogP contribution in [0.2, 0.25) is 0 Å². The van der Waals surface area contributed by atoms with Gasteiger partial charge in [0.25, 0.3) is 0 Å². The topological polar surface area (TPSA) is 117 Å². The molecule has 0 fully saturated rings. The van der Waals surface area contributed by atoms with Crippen LogP contribution < -0.4 is 5.73 Å². The van der Waals surface area contributed by atoms with Crippen LogP contribution in [0, 0.1) is 0 Å². The van der Waals surface area contributed by atoms with Gasteiger partial charge in [0.05, 0.1) is 19.5 Å². The molecule has 0 aliphatic carbocycles. The highest BCUT2D eigenvalue weighted by atomic mass is 31.2. The van der Waals surface area contributed by atoms with Gasteiger partial charge in [0.1, 0.15) is 6.61 Å². The summed E-state index contributed by atoms with van der Waals surface area (Å²) in [7, 11) is -4.28. The lowest BCUT2D eigenvalue weighted by molar-refractivity contribution is -0.147. The molecular formula is C43H76NO7P. The van der Waals surface area contributed by atoms with Crippen molar-refractivity contribution >= 4 is 13.8 Å². The van der Waals surface area contributed by atoms with E-state index in [2.05, 4.69) is 74.6 Å². The predicted molar refractivity (Wildman–Crippen MR) is 219 cm³/mol. The summed E-state index contributed by atoms with van der Waals surface area (Å²) in [6, 6.07) is 0. The zero-order chi connectivity index (χ0) is 38.1. The number of phosphoric acid groups is 1. The van der Waals surface area contributed by atoms with Gasteiger partial charge >= 0.3 is 13.8 Å². The van der Waals surface area contributed by atoms with Crippen LogP contribution in [0.5, 0.6) is 0 Å². The van der Waals surface area contributed by atoms with Crippen LogP contribution in [-0.4, -0.2) is 43.3 Å². The lowest BCUT2D eigenvalue weighted by atomic mass is 10.1. The number of unbranched alkanes of at least 4 members (excludes halogenated alkanes) is 15. The van der Waals surface area contributed by atoms with Crippen molar-refractivity contribution in [1.82, 2.24) is 0 Å². The molecule has 9 heteroatoms. The van der Waals surface area contributed by atoms with Gasteiger partial charge in [-0.05, 0) is 89.5 Å². The number of phosphoric ester groups is 1. The normalized spacial score (nSPS) is 14.2. The van der Waals surface area contributed by atoms with E-state index in [4.69, 9.17) is 24.3 Å². The first-order chi connectivity index (χ1) is 25.4. The van der Waals surface area contributed by atoms with Crippen LogP contribution in [-0.2, 0) is 27.9 Å². The van der Waals surface area contributed by atoms with Crippen LogP contribution in [0.15, 0.2) is 73.1 Å². The van der Waals surface area contributed by atoms with Gasteiger partial charge in [-0.15, -0.1) is 0 Å². The number of ether oxygens (including phenoxy) is 2. The third-order valence-corrected chi connectivity index (χ3v) is 9.17. The Morgan fingerprint density at radius 1 is 0.596 bits per heavy atom. The molecule has 2 atom stereocenters. The van der Waals surface area contributed by atoms with Gasteiger partial charge in [-0.1, -0.05) is 132 Å². The second-order valence-electron chi connectivity index (χ2n) is 13.2. The van der Waals surface area contributed by atoms with Gasteiger partial charge in [-0.2, -0.15) is 0 Å². The third kappa shape index (κ3) is 39.0. The van der Waals surface area contributed by atoms with E-state index in [1.165, 1.54) is 83.5 Å². The molecule has 52 heavy (non-hydrogen) atoms. The number of hydrogen-bond acceptors (Lipinski definition) is 7. The van der Waals surface area contributed by atoms with E-state index in [-0.39, 0.29) is 38.8 Å². The molecule has 0 bridgehead atoms. The zero-order valence-electron chi connectivity index (χ0n) is 33.0. The number of carbonyl (C=O) groups is 1. The van der Waals surface area contributed by atoms with E-state index in [9.17, 15) is 14.3 Å². The average molecular weight is 750 g/mol. The number of hydrogen-bond donors (Lipinski definition) is 2. The third-order valence-electron chi connectivity index (χ3n) is 8.19. The van der Waals surface area contributed by atoms with Crippen molar-refractivity contribution in [2.24, 2.45) is 5.73 Å². The molecular weight excluding hydrogens is 673 g/mol. The minimum absolute atomic E-state index is 0.0885. The summed E-state index contributed by atoms with van der Waals surface area (Å²) in [4.78, 5) is 22.2. The van der Waals surface area contributed by atoms with Crippen LogP contribution in [0.1, 0.15) is 162 Å². The van der Waals surface area contributed by atoms with E-state index in [0.29, 0.717) is 6.42 Å². The summed E-state index contributed by atoms with van der Waals surface area (Å²) >= 11 is 0. The van der Waals surface area contributed by atoms with Crippen molar-refractivity contribution in [2.75, 3.05) is 26.4 Å². The molecule has 0 aromatic heterocycles. The Kier molecular flexibility index (Phi) is 38.3. The SMILES string of the molecule is CCCCCC=CCC=CCC=CCC=CCCCC(=O)OC[C@H](COP(=O)(O)OCCN)OC=CCCCCCCC=CCCCCCCCC. The van der Waals surface area contributed by atoms with E-state index in [0.717, 1.165) is 51.4 Å². The van der Waals surface area contributed by atoms with Gasteiger partial charge in [0.15, 0.2) is 6.10 Å². The van der Waals surface area contributed by atoms with Crippen LogP contribution in [0.4, 0.5) is 0 Å². The highest BCUT2D eigenvalue weighted by molar-refractivity contribution is 7.47. The maximum Gasteiger partial charge on any atom is 0.472 e. The fraction of sp³-hybridized carbons (Fsp3) is 0.698. The first kappa shape index (κ1) is 49.8. The molecule has 3 N–H and O–H groups in total. The molecule has 0 saturated heterocycles. The highest BCUT2D eigenvalue weighted by Gasteiger charge is 2.24. The molecule has 0 aromatic carbocycles. The Labute approximate surface area is 318 Å². The van der Waals surface area contributed by atoms with Crippen LogP contribution in [0.3, 0.4) is 0 Å². The fourth-order valence-electron chi connectivity index (χ4n) is 5.08. The van der Waals surface area contributed by atoms with Gasteiger partial charge in [-0.25, -0.2) is 4.57 Å². The number of carbonyl (C=O) groups excluding carboxylic acids is 1. The van der Waals surface area contributed by atoms with Gasteiger partial charge < -0.3 is 20.1 Å². The summed E-state index contributed by atoms with van der Waals surface area (Å²) in [5.74, 6) is -0.350. The number of allylic oxidation sites excluding steroid dienone is 11. The van der Waals surface area contributed by atoms with Crippen LogP contribution in [0.25, 0.3) is 0 Å². The van der Waals surface area contributed by atoms with E-state index < -0.39 is 13.9 Å². The largest absolute Gasteiger partial charge is 0.492 e. The Balaban J connectivity index is 4.25. The monoisotopic (exact) mass is 750 g/mol. The van der Waals surface area contributed by atoms with Crippen molar-refractivity contribution in [3.63, 3.8) is 0 Å². The van der Waals surface area contributed by atoms with E-state index >= 15 is 0 Å². The quantitative estimate of drug-likeness (QED) is 0.0211. The summed E-state index contributed by atoms with van der Waals surface area (Å²) in [5, 5.41) is 0. The molecule has 8 nitrogen and oxygen atoms in total. The van der Waals surface area contributed by atoms with Gasteiger partial charge in [0.2, 0.25) is 0 Å². The molecule has 0 aromatic rings. The lowest BCUT2D eigenvalue weighted by Gasteiger charge is -2.19. The summed E-state index contributed by atoms with van der Waals surface area (Å²) < 4.78 is 33.1. The van der Waals surface area contributed by atoms with Gasteiger partial charge in [-0.3, -0.25) is 13.8 Å². The Hall–Kier alpha value is -2.22. The van der Waals surface area contributed by atoms with E-state index in [1.54, 1.807) is 6.26 Å². The molecule has 0 amide bonds. The smallest absolute Gasteiger partial charge is 0.472 e. The molecule has 1 unspecified atom stereocenters. The van der Waals surface area contributed by atoms with Gasteiger partial charge in [0, 0.05) is 13.0 Å². The first-order valence-electron chi connectivity index (χ1n) is 20.5. The molecule has 0 saturated carbocycles. The standard InChI is InChI=1S/C43H76NO7P/c1-3-5-7-9-11-13-15-17-19-21-22-24-26-28-30-32-34-36-43(45)49-40-42(41-51-52(46,47)50-39-37-44)48-38-35-33-31-29-27-25-23-20-18-16-14-12-10-8-6-4-2/h11,13,17-20,22,24,28,30,35,38,42H,3-10,12,14-16,21,23,25-27,29,31-34,36-37,39-41,44H2,1-2H3,(H,46,47)/t42-/m1/s1. The molecule has 0 aliphatic heterocycles. The maximum atomic E-state index is 12.4. The second-order valence-corrected chi connectivity index (χ2v) is 14.7. The molecule has 0 heterocycles. The van der Waals surface area contributed by atoms with Crippen molar-refractivity contribution < 1.29 is 32.8 Å². The van der Waals surface area contributed by atoms with Crippen molar-refractivity contribution in [3.8, 4) is 0 Å². The number of rotatable bonds is 38. The Morgan fingerprint density at radius 2 is 1.04 bits per heavy atom. The van der Waals surface area contributed by atoms with E-state index in [1.807, 2.05) is 6.08 Å². The second kappa shape index (κ2) is 40.0. The number of esters is 1. The number of nitrogens with two attached hydrogens (primary N) is 1. The lowest BCUT2D eigenvalue weighted by Crippen LogP contribution is -2.25. The fourth-order valence-corrected chi connectivity index (χ4v) is 5.85. The molecule has 300 valence electrons. The zero-order valence-corrected chi connectivity index (χ0v) is 33.9. The summed E-state index contributed by atoms with van der Waals surface area (Å²) in [6.07, 6.45) is 50.2. The van der Waals surface area contributed by atoms with Crippen LogP contribution >= 0.6 is 7.82 Å². The molecule has 0 aliphatic rings. The maximum absolute atomic E-state index is 12.4. The minimum Gasteiger partial charge on any atom is -0.492 e. The molecule has 0 rings (SSSR count).